The van der Waals surface area contributed by atoms with Crippen molar-refractivity contribution in [2.45, 2.75) is 32.7 Å². The molecule has 0 N–H and O–H groups in total. The van der Waals surface area contributed by atoms with Crippen molar-refractivity contribution < 1.29 is 22.8 Å². The molecule has 1 aromatic rings. The Labute approximate surface area is 121 Å². The first-order chi connectivity index (χ1) is 9.52. The van der Waals surface area contributed by atoms with E-state index < -0.39 is 14.6 Å². The van der Waals surface area contributed by atoms with Crippen molar-refractivity contribution in [2.24, 2.45) is 0 Å². The SMILES string of the molecule is CCC1(C)OCc2cc([Si](OC)(OC)OC)ccc2O1. The topological polar surface area (TPSA) is 46.2 Å². The molecule has 112 valence electrons. The third-order valence-electron chi connectivity index (χ3n) is 3.72. The summed E-state index contributed by atoms with van der Waals surface area (Å²) in [5.41, 5.74) is 0.983. The van der Waals surface area contributed by atoms with Gasteiger partial charge in [0.05, 0.1) is 6.61 Å². The van der Waals surface area contributed by atoms with E-state index in [1.807, 2.05) is 32.0 Å². The Morgan fingerprint density at radius 3 is 2.40 bits per heavy atom. The van der Waals surface area contributed by atoms with E-state index in [9.17, 15) is 0 Å². The summed E-state index contributed by atoms with van der Waals surface area (Å²) in [6.45, 7) is 4.50. The van der Waals surface area contributed by atoms with E-state index in [4.69, 9.17) is 22.8 Å². The van der Waals surface area contributed by atoms with Crippen molar-refractivity contribution in [3.8, 4) is 5.75 Å². The average molecular weight is 298 g/mol. The van der Waals surface area contributed by atoms with Crippen molar-refractivity contribution in [3.63, 3.8) is 0 Å². The first-order valence-electron chi connectivity index (χ1n) is 6.64. The average Bonchev–Trinajstić information content (AvgIpc) is 2.49. The standard InChI is InChI=1S/C14H22O5Si/c1-6-14(2)18-10-11-9-12(7-8-13(11)19-14)20(15-3,16-4)17-5/h7-9H,6,10H2,1-5H3. The van der Waals surface area contributed by atoms with E-state index in [2.05, 4.69) is 0 Å². The molecule has 0 saturated carbocycles. The van der Waals surface area contributed by atoms with Gasteiger partial charge < -0.3 is 22.8 Å². The Hall–Kier alpha value is -0.923. The zero-order valence-electron chi connectivity index (χ0n) is 12.7. The zero-order valence-corrected chi connectivity index (χ0v) is 13.7. The molecule has 6 heteroatoms. The fraction of sp³-hybridized carbons (Fsp3) is 0.571. The first kappa shape index (κ1) is 15.5. The van der Waals surface area contributed by atoms with Gasteiger partial charge in [0.15, 0.2) is 0 Å². The number of hydrogen-bond donors (Lipinski definition) is 0. The molecule has 0 spiro atoms. The maximum absolute atomic E-state index is 5.91. The minimum atomic E-state index is -2.81. The molecule has 20 heavy (non-hydrogen) atoms. The fourth-order valence-corrected chi connectivity index (χ4v) is 4.10. The van der Waals surface area contributed by atoms with Crippen LogP contribution in [0, 0.1) is 0 Å². The van der Waals surface area contributed by atoms with Gasteiger partial charge in [-0.15, -0.1) is 0 Å². The van der Waals surface area contributed by atoms with Crippen LogP contribution in [0.25, 0.3) is 0 Å². The molecule has 5 nitrogen and oxygen atoms in total. The van der Waals surface area contributed by atoms with Crippen LogP contribution in [0.15, 0.2) is 18.2 Å². The second kappa shape index (κ2) is 5.83. The van der Waals surface area contributed by atoms with Gasteiger partial charge in [-0.05, 0) is 12.1 Å². The van der Waals surface area contributed by atoms with Gasteiger partial charge in [-0.3, -0.25) is 0 Å². The Bertz CT molecular complexity index is 466. The van der Waals surface area contributed by atoms with Crippen molar-refractivity contribution >= 4 is 14.0 Å². The molecule has 0 amide bonds. The Morgan fingerprint density at radius 2 is 1.85 bits per heavy atom. The Balaban J connectivity index is 2.34. The highest BCUT2D eigenvalue weighted by Gasteiger charge is 2.42. The summed E-state index contributed by atoms with van der Waals surface area (Å²) >= 11 is 0. The van der Waals surface area contributed by atoms with Gasteiger partial charge in [0.2, 0.25) is 5.79 Å². The molecule has 1 atom stereocenters. The molecule has 0 aromatic heterocycles. The van der Waals surface area contributed by atoms with Crippen LogP contribution in [0.2, 0.25) is 0 Å². The van der Waals surface area contributed by atoms with E-state index >= 15 is 0 Å². The van der Waals surface area contributed by atoms with Gasteiger partial charge in [-0.25, -0.2) is 0 Å². The first-order valence-corrected chi connectivity index (χ1v) is 8.37. The third-order valence-corrected chi connectivity index (χ3v) is 6.35. The summed E-state index contributed by atoms with van der Waals surface area (Å²) in [5.74, 6) is 0.294. The molecule has 2 rings (SSSR count). The van der Waals surface area contributed by atoms with Crippen LogP contribution in [-0.2, 0) is 24.6 Å². The zero-order chi connectivity index (χ0) is 14.8. The van der Waals surface area contributed by atoms with E-state index in [0.717, 1.165) is 22.9 Å². The normalized spacial score (nSPS) is 22.2. The molecular weight excluding hydrogens is 276 g/mol. The summed E-state index contributed by atoms with van der Waals surface area (Å²) in [5, 5.41) is 0.899. The third kappa shape index (κ3) is 2.62. The molecule has 0 bridgehead atoms. The van der Waals surface area contributed by atoms with Crippen LogP contribution >= 0.6 is 0 Å². The molecule has 1 heterocycles. The molecule has 1 aliphatic rings. The lowest BCUT2D eigenvalue weighted by Gasteiger charge is -2.35. The smallest absolute Gasteiger partial charge is 0.462 e. The van der Waals surface area contributed by atoms with Crippen LogP contribution in [0.4, 0.5) is 0 Å². The number of fused-ring (bicyclic) bond motifs is 1. The molecule has 0 radical (unpaired) electrons. The van der Waals surface area contributed by atoms with Crippen molar-refractivity contribution in [1.29, 1.82) is 0 Å². The predicted octanol–water partition coefficient (Wildman–Crippen LogP) is 1.81. The van der Waals surface area contributed by atoms with Crippen molar-refractivity contribution in [2.75, 3.05) is 21.3 Å². The van der Waals surface area contributed by atoms with Gasteiger partial charge in [0, 0.05) is 45.4 Å². The highest BCUT2D eigenvalue weighted by molar-refractivity contribution is 6.75. The highest BCUT2D eigenvalue weighted by atomic mass is 28.4. The summed E-state index contributed by atoms with van der Waals surface area (Å²) in [4.78, 5) is 0. The number of benzene rings is 1. The van der Waals surface area contributed by atoms with Gasteiger partial charge in [0.1, 0.15) is 5.75 Å². The fourth-order valence-electron chi connectivity index (χ4n) is 2.25. The molecule has 1 unspecified atom stereocenters. The number of rotatable bonds is 5. The summed E-state index contributed by atoms with van der Waals surface area (Å²) < 4.78 is 28.2. The predicted molar refractivity (Wildman–Crippen MR) is 77.0 cm³/mol. The summed E-state index contributed by atoms with van der Waals surface area (Å²) in [6, 6.07) is 5.84. The number of hydrogen-bond acceptors (Lipinski definition) is 5. The lowest BCUT2D eigenvalue weighted by atomic mass is 10.1. The number of ether oxygens (including phenoxy) is 2. The monoisotopic (exact) mass is 298 g/mol. The molecule has 0 fully saturated rings. The lowest BCUT2D eigenvalue weighted by molar-refractivity contribution is -0.194. The van der Waals surface area contributed by atoms with Crippen molar-refractivity contribution in [1.82, 2.24) is 0 Å². The van der Waals surface area contributed by atoms with Gasteiger partial charge in [-0.2, -0.15) is 0 Å². The van der Waals surface area contributed by atoms with Gasteiger partial charge in [0.25, 0.3) is 0 Å². The van der Waals surface area contributed by atoms with E-state index in [1.165, 1.54) is 0 Å². The van der Waals surface area contributed by atoms with E-state index in [-0.39, 0.29) is 0 Å². The second-order valence-corrected chi connectivity index (χ2v) is 7.78. The molecular formula is C14H22O5Si. The minimum absolute atomic E-state index is 0.509. The molecule has 0 saturated heterocycles. The van der Waals surface area contributed by atoms with Gasteiger partial charge >= 0.3 is 8.80 Å². The van der Waals surface area contributed by atoms with Gasteiger partial charge in [-0.1, -0.05) is 13.0 Å². The van der Waals surface area contributed by atoms with Crippen LogP contribution in [0.5, 0.6) is 5.75 Å². The second-order valence-electron chi connectivity index (χ2n) is 4.87. The van der Waals surface area contributed by atoms with E-state index in [1.54, 1.807) is 21.3 Å². The van der Waals surface area contributed by atoms with E-state index in [0.29, 0.717) is 6.61 Å². The highest BCUT2D eigenvalue weighted by Crippen LogP contribution is 2.32. The summed E-state index contributed by atoms with van der Waals surface area (Å²) in [6.07, 6.45) is 0.793. The molecule has 1 aliphatic heterocycles. The molecule has 0 aliphatic carbocycles. The quantitative estimate of drug-likeness (QED) is 0.776. The van der Waals surface area contributed by atoms with Crippen molar-refractivity contribution in [3.05, 3.63) is 23.8 Å². The largest absolute Gasteiger partial charge is 0.536 e. The molecule has 1 aromatic carbocycles. The Kier molecular flexibility index (Phi) is 4.51. The minimum Gasteiger partial charge on any atom is -0.462 e. The summed E-state index contributed by atoms with van der Waals surface area (Å²) in [7, 11) is 1.98. The van der Waals surface area contributed by atoms with Crippen LogP contribution in [0.1, 0.15) is 25.8 Å². The maximum Gasteiger partial charge on any atom is 0.536 e. The maximum atomic E-state index is 5.91. The Morgan fingerprint density at radius 1 is 1.20 bits per heavy atom. The van der Waals surface area contributed by atoms with Crippen LogP contribution < -0.4 is 9.92 Å². The van der Waals surface area contributed by atoms with Crippen LogP contribution in [-0.4, -0.2) is 35.9 Å². The lowest BCUT2D eigenvalue weighted by Crippen LogP contribution is -2.54. The van der Waals surface area contributed by atoms with Crippen LogP contribution in [0.3, 0.4) is 0 Å².